The normalized spacial score (nSPS) is 12.0. The number of furan rings is 1. The second-order valence-corrected chi connectivity index (χ2v) is 6.66. The standard InChI is InChI=1S/C12H19BrN2O3S/c1-4-6-15(7-5-2)19(16,17)11-8-10(9-14-3)18-12(11)13/h4,8,14H,1,5-7,9H2,2-3H3. The van der Waals surface area contributed by atoms with E-state index in [1.165, 1.54) is 4.31 Å². The maximum absolute atomic E-state index is 12.5. The number of nitrogens with one attached hydrogen (secondary N) is 1. The summed E-state index contributed by atoms with van der Waals surface area (Å²) in [6.45, 7) is 6.74. The van der Waals surface area contributed by atoms with E-state index in [2.05, 4.69) is 27.8 Å². The molecule has 0 spiro atoms. The Bertz CT molecular complexity index is 525. The van der Waals surface area contributed by atoms with Crippen molar-refractivity contribution in [2.45, 2.75) is 24.8 Å². The van der Waals surface area contributed by atoms with Gasteiger partial charge in [0.2, 0.25) is 10.0 Å². The van der Waals surface area contributed by atoms with Gasteiger partial charge < -0.3 is 9.73 Å². The smallest absolute Gasteiger partial charge is 0.247 e. The molecular formula is C12H19BrN2O3S. The van der Waals surface area contributed by atoms with E-state index in [9.17, 15) is 8.42 Å². The van der Waals surface area contributed by atoms with Crippen molar-refractivity contribution in [3.63, 3.8) is 0 Å². The minimum absolute atomic E-state index is 0.160. The van der Waals surface area contributed by atoms with Crippen LogP contribution in [0.5, 0.6) is 0 Å². The largest absolute Gasteiger partial charge is 0.452 e. The summed E-state index contributed by atoms with van der Waals surface area (Å²) in [7, 11) is -1.79. The number of hydrogen-bond donors (Lipinski definition) is 1. The third-order valence-corrected chi connectivity index (χ3v) is 5.20. The second-order valence-electron chi connectivity index (χ2n) is 4.03. The highest BCUT2D eigenvalue weighted by Gasteiger charge is 2.28. The van der Waals surface area contributed by atoms with E-state index in [1.807, 2.05) is 6.92 Å². The zero-order valence-corrected chi connectivity index (χ0v) is 13.6. The molecule has 1 heterocycles. The molecule has 5 nitrogen and oxygen atoms in total. The lowest BCUT2D eigenvalue weighted by Gasteiger charge is -2.18. The molecular weight excluding hydrogens is 332 g/mol. The van der Waals surface area contributed by atoms with Gasteiger partial charge in [0.1, 0.15) is 10.7 Å². The molecule has 0 unspecified atom stereocenters. The lowest BCUT2D eigenvalue weighted by molar-refractivity contribution is 0.436. The fourth-order valence-electron chi connectivity index (χ4n) is 1.68. The summed E-state index contributed by atoms with van der Waals surface area (Å²) in [5, 5.41) is 2.92. The molecule has 0 saturated carbocycles. The molecule has 1 N–H and O–H groups in total. The Labute approximate surface area is 122 Å². The fraction of sp³-hybridized carbons (Fsp3) is 0.500. The first kappa shape index (κ1) is 16.4. The molecule has 0 fully saturated rings. The van der Waals surface area contributed by atoms with Gasteiger partial charge in [-0.2, -0.15) is 4.31 Å². The molecule has 1 rings (SSSR count). The first-order chi connectivity index (χ1) is 8.97. The van der Waals surface area contributed by atoms with E-state index in [0.717, 1.165) is 6.42 Å². The number of rotatable bonds is 8. The van der Waals surface area contributed by atoms with Crippen molar-refractivity contribution in [1.82, 2.24) is 9.62 Å². The Morgan fingerprint density at radius 1 is 1.58 bits per heavy atom. The van der Waals surface area contributed by atoms with Crippen LogP contribution in [0.2, 0.25) is 0 Å². The maximum atomic E-state index is 12.5. The molecule has 0 aliphatic heterocycles. The van der Waals surface area contributed by atoms with Gasteiger partial charge in [-0.3, -0.25) is 0 Å². The molecule has 0 bridgehead atoms. The third kappa shape index (κ3) is 3.92. The summed E-state index contributed by atoms with van der Waals surface area (Å²) in [4.78, 5) is 0.160. The summed E-state index contributed by atoms with van der Waals surface area (Å²) in [5.74, 6) is 0.572. The zero-order valence-electron chi connectivity index (χ0n) is 11.1. The molecule has 0 atom stereocenters. The molecule has 0 amide bonds. The average molecular weight is 351 g/mol. The van der Waals surface area contributed by atoms with E-state index >= 15 is 0 Å². The first-order valence-corrected chi connectivity index (χ1v) is 8.24. The van der Waals surface area contributed by atoms with E-state index in [-0.39, 0.29) is 16.1 Å². The molecule has 19 heavy (non-hydrogen) atoms. The Balaban J connectivity index is 3.13. The Hall–Kier alpha value is -0.630. The van der Waals surface area contributed by atoms with Crippen molar-refractivity contribution >= 4 is 26.0 Å². The van der Waals surface area contributed by atoms with Crippen LogP contribution in [0.25, 0.3) is 0 Å². The van der Waals surface area contributed by atoms with E-state index in [0.29, 0.717) is 18.8 Å². The van der Waals surface area contributed by atoms with E-state index in [4.69, 9.17) is 4.42 Å². The van der Waals surface area contributed by atoms with Crippen LogP contribution in [0.3, 0.4) is 0 Å². The quantitative estimate of drug-likeness (QED) is 0.731. The predicted octanol–water partition coefficient (Wildman–Crippen LogP) is 2.35. The maximum Gasteiger partial charge on any atom is 0.247 e. The van der Waals surface area contributed by atoms with Crippen molar-refractivity contribution in [3.05, 3.63) is 29.2 Å². The topological polar surface area (TPSA) is 62.6 Å². The lowest BCUT2D eigenvalue weighted by atomic mass is 10.4. The summed E-state index contributed by atoms with van der Waals surface area (Å²) in [6.07, 6.45) is 2.32. The van der Waals surface area contributed by atoms with Crippen molar-refractivity contribution in [1.29, 1.82) is 0 Å². The molecule has 0 aromatic carbocycles. The van der Waals surface area contributed by atoms with E-state index in [1.54, 1.807) is 19.2 Å². The van der Waals surface area contributed by atoms with Crippen LogP contribution in [-0.4, -0.2) is 32.9 Å². The van der Waals surface area contributed by atoms with Crippen LogP contribution in [0, 0.1) is 0 Å². The number of nitrogens with zero attached hydrogens (tertiary/aromatic N) is 1. The molecule has 0 saturated heterocycles. The van der Waals surface area contributed by atoms with Crippen LogP contribution >= 0.6 is 15.9 Å². The fourth-order valence-corrected chi connectivity index (χ4v) is 4.14. The van der Waals surface area contributed by atoms with E-state index < -0.39 is 10.0 Å². The van der Waals surface area contributed by atoms with Crippen LogP contribution < -0.4 is 5.32 Å². The minimum atomic E-state index is -3.56. The molecule has 108 valence electrons. The van der Waals surface area contributed by atoms with Crippen molar-refractivity contribution < 1.29 is 12.8 Å². The van der Waals surface area contributed by atoms with Crippen LogP contribution in [0.4, 0.5) is 0 Å². The van der Waals surface area contributed by atoms with Crippen molar-refractivity contribution in [2.24, 2.45) is 0 Å². The Morgan fingerprint density at radius 3 is 2.79 bits per heavy atom. The number of sulfonamides is 1. The third-order valence-electron chi connectivity index (χ3n) is 2.48. The molecule has 0 aliphatic carbocycles. The zero-order chi connectivity index (χ0) is 14.5. The van der Waals surface area contributed by atoms with Crippen LogP contribution in [-0.2, 0) is 16.6 Å². The highest BCUT2D eigenvalue weighted by atomic mass is 79.9. The van der Waals surface area contributed by atoms with Crippen molar-refractivity contribution in [3.8, 4) is 0 Å². The molecule has 0 aliphatic rings. The summed E-state index contributed by atoms with van der Waals surface area (Å²) < 4.78 is 32.0. The van der Waals surface area contributed by atoms with Crippen LogP contribution in [0.1, 0.15) is 19.1 Å². The van der Waals surface area contributed by atoms with Crippen LogP contribution in [0.15, 0.2) is 32.7 Å². The lowest BCUT2D eigenvalue weighted by Crippen LogP contribution is -2.32. The van der Waals surface area contributed by atoms with Gasteiger partial charge in [-0.25, -0.2) is 8.42 Å². The monoisotopic (exact) mass is 350 g/mol. The summed E-state index contributed by atoms with van der Waals surface area (Å²) >= 11 is 3.17. The van der Waals surface area contributed by atoms with Crippen molar-refractivity contribution in [2.75, 3.05) is 20.1 Å². The van der Waals surface area contributed by atoms with Gasteiger partial charge in [0, 0.05) is 19.2 Å². The Morgan fingerprint density at radius 2 is 2.26 bits per heavy atom. The predicted molar refractivity (Wildman–Crippen MR) is 78.4 cm³/mol. The SMILES string of the molecule is C=CCN(CCC)S(=O)(=O)c1cc(CNC)oc1Br. The number of halogens is 1. The van der Waals surface area contributed by atoms with Gasteiger partial charge >= 0.3 is 0 Å². The van der Waals surface area contributed by atoms with Gasteiger partial charge in [-0.05, 0) is 29.4 Å². The second kappa shape index (κ2) is 7.23. The Kier molecular flexibility index (Phi) is 6.25. The minimum Gasteiger partial charge on any atom is -0.452 e. The van der Waals surface area contributed by atoms with Gasteiger partial charge in [0.25, 0.3) is 0 Å². The first-order valence-electron chi connectivity index (χ1n) is 6.01. The number of hydrogen-bond acceptors (Lipinski definition) is 4. The summed E-state index contributed by atoms with van der Waals surface area (Å²) in [5.41, 5.74) is 0. The average Bonchev–Trinajstić information content (AvgIpc) is 2.71. The molecule has 0 radical (unpaired) electrons. The highest BCUT2D eigenvalue weighted by molar-refractivity contribution is 9.10. The molecule has 1 aromatic heterocycles. The van der Waals surface area contributed by atoms with Gasteiger partial charge in [-0.15, -0.1) is 6.58 Å². The van der Waals surface area contributed by atoms with Gasteiger partial charge in [-0.1, -0.05) is 13.0 Å². The van der Waals surface area contributed by atoms with Gasteiger partial charge in [0.05, 0.1) is 6.54 Å². The molecule has 7 heteroatoms. The highest BCUT2D eigenvalue weighted by Crippen LogP contribution is 2.28. The molecule has 1 aromatic rings. The summed E-state index contributed by atoms with van der Waals surface area (Å²) in [6, 6.07) is 1.54. The van der Waals surface area contributed by atoms with Gasteiger partial charge in [0.15, 0.2) is 4.67 Å².